The summed E-state index contributed by atoms with van der Waals surface area (Å²) in [5.41, 5.74) is 5.33. The predicted molar refractivity (Wildman–Crippen MR) is 136 cm³/mol. The van der Waals surface area contributed by atoms with Crippen LogP contribution in [-0.4, -0.2) is 30.3 Å². The molecule has 1 atom stereocenters. The van der Waals surface area contributed by atoms with E-state index in [-0.39, 0.29) is 10.9 Å². The Bertz CT molecular complexity index is 1290. The number of rotatable bonds is 5. The third-order valence-electron chi connectivity index (χ3n) is 7.15. The van der Waals surface area contributed by atoms with Crippen molar-refractivity contribution in [2.75, 3.05) is 0 Å². The maximum Gasteiger partial charge on any atom is 0.328 e. The molecule has 0 spiro atoms. The Morgan fingerprint density at radius 3 is 2.37 bits per heavy atom. The van der Waals surface area contributed by atoms with Gasteiger partial charge in [0.2, 0.25) is 0 Å². The Kier molecular flexibility index (Phi) is 6.65. The molecule has 2 amide bonds. The van der Waals surface area contributed by atoms with Crippen molar-refractivity contribution >= 4 is 16.1 Å². The zero-order valence-corrected chi connectivity index (χ0v) is 20.9. The van der Waals surface area contributed by atoms with Gasteiger partial charge in [0.05, 0.1) is 22.0 Å². The molecule has 7 nitrogen and oxygen atoms in total. The van der Waals surface area contributed by atoms with Gasteiger partial charge in [-0.25, -0.2) is 22.6 Å². The van der Waals surface area contributed by atoms with E-state index in [1.165, 1.54) is 17.7 Å². The van der Waals surface area contributed by atoms with Crippen LogP contribution in [0.3, 0.4) is 0 Å². The van der Waals surface area contributed by atoms with Gasteiger partial charge in [-0.3, -0.25) is 0 Å². The molecule has 3 aromatic rings. The largest absolute Gasteiger partial charge is 0.335 e. The number of aromatic nitrogens is 2. The molecular formula is C27H32N4O3S. The van der Waals surface area contributed by atoms with Gasteiger partial charge < -0.3 is 5.32 Å². The van der Waals surface area contributed by atoms with Crippen molar-refractivity contribution in [2.45, 2.75) is 75.1 Å². The molecule has 1 fully saturated rings. The zero-order chi connectivity index (χ0) is 24.4. The molecule has 1 aromatic heterocycles. The van der Waals surface area contributed by atoms with E-state index in [0.717, 1.165) is 74.0 Å². The van der Waals surface area contributed by atoms with E-state index in [9.17, 15) is 13.2 Å². The summed E-state index contributed by atoms with van der Waals surface area (Å²) in [5, 5.41) is 7.77. The molecule has 5 rings (SSSR count). The third kappa shape index (κ3) is 4.98. The van der Waals surface area contributed by atoms with Crippen LogP contribution in [0.1, 0.15) is 69.0 Å². The lowest BCUT2D eigenvalue weighted by Crippen LogP contribution is -2.45. The standard InChI is InChI=1S/C27H32N4O3S/c1-19-9-8-14-24-25(19)29-31(26(24)20-10-4-2-5-11-20)22-15-17-23(18-16-22)35(33,34)30-27(32)28-21-12-6-3-7-13-21/h2,4-5,10-11,15-19,21H,3,6-9,12-14H2,1H3,(H2,28,30,32). The van der Waals surface area contributed by atoms with E-state index < -0.39 is 16.1 Å². The maximum atomic E-state index is 12.8. The van der Waals surface area contributed by atoms with Gasteiger partial charge in [-0.2, -0.15) is 5.10 Å². The van der Waals surface area contributed by atoms with Crippen molar-refractivity contribution < 1.29 is 13.2 Å². The number of urea groups is 1. The Labute approximate surface area is 207 Å². The minimum atomic E-state index is -3.97. The molecule has 0 saturated heterocycles. The molecule has 0 bridgehead atoms. The molecule has 184 valence electrons. The Morgan fingerprint density at radius 2 is 1.66 bits per heavy atom. The summed E-state index contributed by atoms with van der Waals surface area (Å²) >= 11 is 0. The lowest BCUT2D eigenvalue weighted by Gasteiger charge is -2.22. The van der Waals surface area contributed by atoms with Crippen LogP contribution < -0.4 is 10.0 Å². The topological polar surface area (TPSA) is 93.1 Å². The third-order valence-corrected chi connectivity index (χ3v) is 8.50. The summed E-state index contributed by atoms with van der Waals surface area (Å²) in [5.74, 6) is 0.383. The van der Waals surface area contributed by atoms with E-state index in [1.807, 2.05) is 22.9 Å². The summed E-state index contributed by atoms with van der Waals surface area (Å²) in [6.07, 6.45) is 8.27. The van der Waals surface area contributed by atoms with Crippen LogP contribution >= 0.6 is 0 Å². The van der Waals surface area contributed by atoms with E-state index in [0.29, 0.717) is 5.92 Å². The first kappa shape index (κ1) is 23.6. The normalized spacial score (nSPS) is 18.6. The smallest absolute Gasteiger partial charge is 0.328 e. The molecule has 2 N–H and O–H groups in total. The van der Waals surface area contributed by atoms with Crippen molar-refractivity contribution in [1.29, 1.82) is 0 Å². The van der Waals surface area contributed by atoms with Gasteiger partial charge in [0, 0.05) is 23.1 Å². The highest BCUT2D eigenvalue weighted by molar-refractivity contribution is 7.90. The van der Waals surface area contributed by atoms with Crippen LogP contribution in [0, 0.1) is 0 Å². The van der Waals surface area contributed by atoms with E-state index in [1.54, 1.807) is 12.1 Å². The van der Waals surface area contributed by atoms with Gasteiger partial charge in [0.1, 0.15) is 0 Å². The Morgan fingerprint density at radius 1 is 0.943 bits per heavy atom. The number of nitrogens with one attached hydrogen (secondary N) is 2. The van der Waals surface area contributed by atoms with Gasteiger partial charge in [-0.1, -0.05) is 56.5 Å². The maximum absolute atomic E-state index is 12.8. The molecule has 1 unspecified atom stereocenters. The fourth-order valence-electron chi connectivity index (χ4n) is 5.32. The summed E-state index contributed by atoms with van der Waals surface area (Å²) in [6.45, 7) is 2.21. The number of nitrogens with zero attached hydrogens (tertiary/aromatic N) is 2. The summed E-state index contributed by atoms with van der Waals surface area (Å²) in [7, 11) is -3.97. The van der Waals surface area contributed by atoms with Gasteiger partial charge in [-0.15, -0.1) is 0 Å². The molecule has 8 heteroatoms. The molecule has 1 saturated carbocycles. The number of sulfonamides is 1. The van der Waals surface area contributed by atoms with E-state index >= 15 is 0 Å². The predicted octanol–water partition coefficient (Wildman–Crippen LogP) is 5.30. The number of amides is 2. The molecule has 35 heavy (non-hydrogen) atoms. The number of fused-ring (bicyclic) bond motifs is 1. The van der Waals surface area contributed by atoms with Gasteiger partial charge in [-0.05, 0) is 56.4 Å². The Balaban J connectivity index is 1.41. The molecule has 0 radical (unpaired) electrons. The van der Waals surface area contributed by atoms with Crippen molar-refractivity contribution in [3.63, 3.8) is 0 Å². The Hall–Kier alpha value is -3.13. The molecule has 0 aliphatic heterocycles. The highest BCUT2D eigenvalue weighted by Gasteiger charge is 2.27. The average molecular weight is 493 g/mol. The second-order valence-electron chi connectivity index (χ2n) is 9.69. The fourth-order valence-corrected chi connectivity index (χ4v) is 6.24. The molecular weight excluding hydrogens is 460 g/mol. The number of carbonyl (C=O) groups is 1. The highest BCUT2D eigenvalue weighted by Crippen LogP contribution is 2.38. The van der Waals surface area contributed by atoms with Crippen LogP contribution in [-0.2, 0) is 16.4 Å². The van der Waals surface area contributed by atoms with Gasteiger partial charge >= 0.3 is 6.03 Å². The van der Waals surface area contributed by atoms with Crippen LogP contribution in [0.4, 0.5) is 4.79 Å². The number of hydrogen-bond donors (Lipinski definition) is 2. The SMILES string of the molecule is CC1CCCc2c1nn(-c1ccc(S(=O)(=O)NC(=O)NC3CCCCC3)cc1)c2-c1ccccc1. The van der Waals surface area contributed by atoms with Crippen LogP contribution in [0.25, 0.3) is 16.9 Å². The second kappa shape index (κ2) is 9.85. The first-order valence-electron chi connectivity index (χ1n) is 12.5. The molecule has 2 aliphatic carbocycles. The van der Waals surface area contributed by atoms with Gasteiger partial charge in [0.15, 0.2) is 0 Å². The first-order valence-corrected chi connectivity index (χ1v) is 14.0. The van der Waals surface area contributed by atoms with E-state index in [2.05, 4.69) is 29.1 Å². The van der Waals surface area contributed by atoms with Crippen molar-refractivity contribution in [3.05, 3.63) is 65.9 Å². The first-order chi connectivity index (χ1) is 16.9. The molecule has 2 aliphatic rings. The monoisotopic (exact) mass is 492 g/mol. The minimum Gasteiger partial charge on any atom is -0.335 e. The summed E-state index contributed by atoms with van der Waals surface area (Å²) in [6, 6.07) is 16.1. The fraction of sp³-hybridized carbons (Fsp3) is 0.407. The highest BCUT2D eigenvalue weighted by atomic mass is 32.2. The van der Waals surface area contributed by atoms with E-state index in [4.69, 9.17) is 5.10 Å². The minimum absolute atomic E-state index is 0.0333. The lowest BCUT2D eigenvalue weighted by atomic mass is 9.87. The quantitative estimate of drug-likeness (QED) is 0.505. The summed E-state index contributed by atoms with van der Waals surface area (Å²) < 4.78 is 29.8. The number of carbonyl (C=O) groups excluding carboxylic acids is 1. The zero-order valence-electron chi connectivity index (χ0n) is 20.0. The molecule has 1 heterocycles. The summed E-state index contributed by atoms with van der Waals surface area (Å²) in [4.78, 5) is 12.4. The van der Waals surface area contributed by atoms with Crippen molar-refractivity contribution in [1.82, 2.24) is 19.8 Å². The van der Waals surface area contributed by atoms with Crippen molar-refractivity contribution in [3.8, 4) is 16.9 Å². The lowest BCUT2D eigenvalue weighted by molar-refractivity contribution is 0.237. The van der Waals surface area contributed by atoms with Crippen LogP contribution in [0.2, 0.25) is 0 Å². The number of benzene rings is 2. The number of hydrogen-bond acceptors (Lipinski definition) is 4. The van der Waals surface area contributed by atoms with Gasteiger partial charge in [0.25, 0.3) is 10.0 Å². The second-order valence-corrected chi connectivity index (χ2v) is 11.4. The molecule has 2 aromatic carbocycles. The average Bonchev–Trinajstić information content (AvgIpc) is 3.26. The van der Waals surface area contributed by atoms with Crippen LogP contribution in [0.5, 0.6) is 0 Å². The van der Waals surface area contributed by atoms with Crippen LogP contribution in [0.15, 0.2) is 59.5 Å². The van der Waals surface area contributed by atoms with Crippen molar-refractivity contribution in [2.24, 2.45) is 0 Å².